The zero-order chi connectivity index (χ0) is 33.3. The van der Waals surface area contributed by atoms with Gasteiger partial charge in [0.2, 0.25) is 0 Å². The van der Waals surface area contributed by atoms with Crippen LogP contribution >= 0.6 is 23.2 Å². The molecule has 0 aliphatic heterocycles. The van der Waals surface area contributed by atoms with Crippen LogP contribution in [0.15, 0.2) is 29.2 Å². The smallest absolute Gasteiger partial charge is 0.297 e. The largest absolute Gasteiger partial charge is 0.394 e. The summed E-state index contributed by atoms with van der Waals surface area (Å²) < 4.78 is 58.0. The summed E-state index contributed by atoms with van der Waals surface area (Å²) in [6.07, 6.45) is 4.73. The second-order valence-corrected chi connectivity index (χ2v) is 11.7. The Morgan fingerprint density at radius 2 is 1.22 bits per heavy atom. The molecule has 1 fully saturated rings. The SMILES string of the molecule is C.COCCOCCNC1CCC(N)CC1.COCCOCCO.COCCOCCOS(=O)(=O)c1ccc(C)cc1.ClCCl. The third kappa shape index (κ3) is 33.1. The first-order chi connectivity index (χ1) is 21.2. The van der Waals surface area contributed by atoms with Crippen molar-refractivity contribution in [2.45, 2.75) is 57.0 Å². The first kappa shape index (κ1) is 48.7. The van der Waals surface area contributed by atoms with E-state index in [-0.39, 0.29) is 37.5 Å². The Balaban J connectivity index is -0.000000589. The van der Waals surface area contributed by atoms with Gasteiger partial charge in [0.15, 0.2) is 0 Å². The zero-order valence-corrected chi connectivity index (χ0v) is 29.2. The second kappa shape index (κ2) is 36.2. The Bertz CT molecular complexity index is 813. The van der Waals surface area contributed by atoms with Crippen LogP contribution < -0.4 is 11.1 Å². The number of nitrogens with two attached hydrogens (primary N) is 1. The highest BCUT2D eigenvalue weighted by Gasteiger charge is 2.17. The van der Waals surface area contributed by atoms with Crippen LogP contribution in [0.2, 0.25) is 0 Å². The summed E-state index contributed by atoms with van der Waals surface area (Å²) in [6.45, 7) is 7.73. The first-order valence-electron chi connectivity index (χ1n) is 14.6. The van der Waals surface area contributed by atoms with E-state index in [1.807, 2.05) is 6.92 Å². The molecule has 2 rings (SSSR count). The minimum atomic E-state index is -3.68. The van der Waals surface area contributed by atoms with Crippen LogP contribution in [0, 0.1) is 6.92 Å². The molecule has 12 nitrogen and oxygen atoms in total. The van der Waals surface area contributed by atoms with Crippen LogP contribution in [0.1, 0.15) is 38.7 Å². The van der Waals surface area contributed by atoms with Gasteiger partial charge in [0, 0.05) is 40.0 Å². The molecule has 4 N–H and O–H groups in total. The average Bonchev–Trinajstić information content (AvgIpc) is 3.01. The van der Waals surface area contributed by atoms with E-state index >= 15 is 0 Å². The predicted octanol–water partition coefficient (Wildman–Crippen LogP) is 3.57. The van der Waals surface area contributed by atoms with Gasteiger partial charge in [-0.25, -0.2) is 0 Å². The Morgan fingerprint density at radius 3 is 1.69 bits per heavy atom. The summed E-state index contributed by atoms with van der Waals surface area (Å²) in [4.78, 5) is 0.157. The minimum Gasteiger partial charge on any atom is -0.394 e. The lowest BCUT2D eigenvalue weighted by atomic mass is 9.92. The lowest BCUT2D eigenvalue weighted by Gasteiger charge is -2.26. The molecule has 270 valence electrons. The predicted molar refractivity (Wildman–Crippen MR) is 181 cm³/mol. The summed E-state index contributed by atoms with van der Waals surface area (Å²) >= 11 is 9.53. The average molecular weight is 712 g/mol. The van der Waals surface area contributed by atoms with Crippen molar-refractivity contribution in [2.75, 3.05) is 106 Å². The van der Waals surface area contributed by atoms with E-state index in [0.717, 1.165) is 31.6 Å². The Hall–Kier alpha value is -0.650. The topological polar surface area (TPSA) is 157 Å². The quantitative estimate of drug-likeness (QED) is 0.103. The summed E-state index contributed by atoms with van der Waals surface area (Å²) in [6, 6.07) is 7.58. The number of nitrogens with one attached hydrogen (secondary N) is 1. The number of alkyl halides is 2. The van der Waals surface area contributed by atoms with Crippen molar-refractivity contribution >= 4 is 33.3 Å². The molecule has 1 aliphatic carbocycles. The van der Waals surface area contributed by atoms with Gasteiger partial charge in [-0.3, -0.25) is 4.18 Å². The molecule has 0 radical (unpaired) electrons. The fraction of sp³-hybridized carbons (Fsp3) is 0.800. The number of hydrogen-bond acceptors (Lipinski definition) is 12. The number of benzene rings is 1. The van der Waals surface area contributed by atoms with Crippen molar-refractivity contribution in [3.05, 3.63) is 29.8 Å². The second-order valence-electron chi connectivity index (χ2n) is 9.30. The highest BCUT2D eigenvalue weighted by Crippen LogP contribution is 2.16. The van der Waals surface area contributed by atoms with Crippen LogP contribution in [0.5, 0.6) is 0 Å². The molecule has 0 saturated heterocycles. The van der Waals surface area contributed by atoms with E-state index in [1.54, 1.807) is 33.5 Å². The number of halogens is 2. The van der Waals surface area contributed by atoms with Crippen LogP contribution in [0.3, 0.4) is 0 Å². The van der Waals surface area contributed by atoms with E-state index < -0.39 is 10.1 Å². The molecule has 0 spiro atoms. The molecule has 1 aliphatic rings. The van der Waals surface area contributed by atoms with Gasteiger partial charge in [-0.2, -0.15) is 8.42 Å². The minimum absolute atomic E-state index is 0. The number of aliphatic hydroxyl groups excluding tert-OH is 1. The van der Waals surface area contributed by atoms with Crippen LogP contribution in [0.4, 0.5) is 0 Å². The number of rotatable bonds is 20. The van der Waals surface area contributed by atoms with Gasteiger partial charge in [-0.15, -0.1) is 23.2 Å². The van der Waals surface area contributed by atoms with Crippen molar-refractivity contribution in [3.63, 3.8) is 0 Å². The summed E-state index contributed by atoms with van der Waals surface area (Å²) in [5.74, 6) is 0. The van der Waals surface area contributed by atoms with Crippen LogP contribution in [0.25, 0.3) is 0 Å². The highest BCUT2D eigenvalue weighted by atomic mass is 35.5. The zero-order valence-electron chi connectivity index (χ0n) is 26.8. The summed E-state index contributed by atoms with van der Waals surface area (Å²) in [5, 5.41) is 11.9. The van der Waals surface area contributed by atoms with E-state index in [9.17, 15) is 8.42 Å². The molecule has 45 heavy (non-hydrogen) atoms. The normalized spacial score (nSPS) is 15.7. The molecule has 0 heterocycles. The van der Waals surface area contributed by atoms with E-state index in [1.165, 1.54) is 25.0 Å². The van der Waals surface area contributed by atoms with Gasteiger partial charge in [-0.05, 0) is 44.7 Å². The van der Waals surface area contributed by atoms with Crippen molar-refractivity contribution in [1.82, 2.24) is 5.32 Å². The Morgan fingerprint density at radius 1 is 0.778 bits per heavy atom. The fourth-order valence-corrected chi connectivity index (χ4v) is 4.32. The van der Waals surface area contributed by atoms with Gasteiger partial charge in [0.1, 0.15) is 0 Å². The number of ether oxygens (including phenoxy) is 6. The lowest BCUT2D eigenvalue weighted by Crippen LogP contribution is -2.38. The number of aliphatic hydroxyl groups is 1. The van der Waals surface area contributed by atoms with Crippen molar-refractivity contribution in [2.24, 2.45) is 5.73 Å². The van der Waals surface area contributed by atoms with Gasteiger partial charge in [0.05, 0.1) is 82.9 Å². The standard InChI is InChI=1S/C12H18O5S.C11H24N2O2.C5H12O3.CH2Cl2.CH4/c1-11-3-5-12(6-4-11)18(13,14)17-10-9-16-8-7-15-2;1-14-8-9-15-7-6-13-11-4-2-10(12)3-5-11;1-7-4-5-8-3-2-6;2-1-3;/h3-6H,7-10H2,1-2H3;10-11,13H,2-9,12H2,1H3;6H,2-5H2,1H3;1H2;1H4. The molecule has 1 aromatic rings. The number of methoxy groups -OCH3 is 3. The monoisotopic (exact) mass is 710 g/mol. The van der Waals surface area contributed by atoms with Gasteiger partial charge >= 0.3 is 0 Å². The number of aryl methyl sites for hydroxylation is 1. The maximum absolute atomic E-state index is 11.7. The van der Waals surface area contributed by atoms with E-state index in [0.29, 0.717) is 58.3 Å². The maximum Gasteiger partial charge on any atom is 0.297 e. The molecule has 15 heteroatoms. The van der Waals surface area contributed by atoms with Crippen LogP contribution in [-0.4, -0.2) is 131 Å². The van der Waals surface area contributed by atoms with Gasteiger partial charge in [0.25, 0.3) is 10.1 Å². The van der Waals surface area contributed by atoms with Crippen molar-refractivity contribution in [1.29, 1.82) is 0 Å². The highest BCUT2D eigenvalue weighted by molar-refractivity contribution is 7.86. The molecule has 0 unspecified atom stereocenters. The summed E-state index contributed by atoms with van der Waals surface area (Å²) in [7, 11) is 1.19. The summed E-state index contributed by atoms with van der Waals surface area (Å²) in [5.41, 5.74) is 6.84. The molecule has 1 aromatic carbocycles. The van der Waals surface area contributed by atoms with Crippen molar-refractivity contribution in [3.8, 4) is 0 Å². The molecule has 0 amide bonds. The molecular formula is C30H60Cl2N2O10S. The van der Waals surface area contributed by atoms with Gasteiger partial charge < -0.3 is 44.6 Å². The van der Waals surface area contributed by atoms with E-state index in [2.05, 4.69) is 10.1 Å². The lowest BCUT2D eigenvalue weighted by molar-refractivity contribution is 0.0500. The fourth-order valence-electron chi connectivity index (χ4n) is 3.43. The molecule has 0 bridgehead atoms. The Labute approximate surface area is 282 Å². The van der Waals surface area contributed by atoms with Gasteiger partial charge in [-0.1, -0.05) is 25.1 Å². The molecule has 1 saturated carbocycles. The van der Waals surface area contributed by atoms with E-state index in [4.69, 9.17) is 61.9 Å². The Kier molecular flexibility index (Phi) is 39.2. The van der Waals surface area contributed by atoms with Crippen LogP contribution in [-0.2, 0) is 42.7 Å². The molecule has 0 atom stereocenters. The third-order valence-corrected chi connectivity index (χ3v) is 7.08. The van der Waals surface area contributed by atoms with Crippen molar-refractivity contribution < 1.29 is 46.1 Å². The molecule has 0 aromatic heterocycles. The third-order valence-electron chi connectivity index (χ3n) is 5.76. The number of hydrogen-bond donors (Lipinski definition) is 3. The molecular weight excluding hydrogens is 651 g/mol. The maximum atomic E-state index is 11.7. The first-order valence-corrected chi connectivity index (χ1v) is 17.1.